The summed E-state index contributed by atoms with van der Waals surface area (Å²) in [7, 11) is 0. The third-order valence-corrected chi connectivity index (χ3v) is 5.91. The number of rotatable bonds is 5. The summed E-state index contributed by atoms with van der Waals surface area (Å²) < 4.78 is 2.02. The first kappa shape index (κ1) is 19.3. The van der Waals surface area contributed by atoms with Gasteiger partial charge in [-0.2, -0.15) is 0 Å². The second kappa shape index (κ2) is 7.85. The Hall–Kier alpha value is -3.71. The summed E-state index contributed by atoms with van der Waals surface area (Å²) in [6, 6.07) is 22.7. The quantitative estimate of drug-likeness (QED) is 0.244. The molecule has 1 amide bonds. The van der Waals surface area contributed by atoms with E-state index in [1.807, 2.05) is 52.9 Å². The van der Waals surface area contributed by atoms with Crippen molar-refractivity contribution in [1.29, 1.82) is 0 Å². The first-order chi connectivity index (χ1) is 15.1. The number of nitrogens with one attached hydrogen (secondary N) is 1. The Morgan fingerprint density at radius 2 is 1.61 bits per heavy atom. The van der Waals surface area contributed by atoms with Crippen LogP contribution >= 0.6 is 11.8 Å². The van der Waals surface area contributed by atoms with Crippen LogP contribution in [0.1, 0.15) is 17.3 Å². The second-order valence-electron chi connectivity index (χ2n) is 7.14. The average Bonchev–Trinajstić information content (AvgIpc) is 3.17. The largest absolute Gasteiger partial charge is 0.326 e. The van der Waals surface area contributed by atoms with E-state index < -0.39 is 0 Å². The number of fused-ring (bicyclic) bond motifs is 5. The molecule has 2 aromatic heterocycles. The molecule has 0 saturated heterocycles. The van der Waals surface area contributed by atoms with E-state index in [0.717, 1.165) is 32.7 Å². The summed E-state index contributed by atoms with van der Waals surface area (Å²) in [6.45, 7) is 1.45. The van der Waals surface area contributed by atoms with Gasteiger partial charge in [0.05, 0.1) is 22.3 Å². The highest BCUT2D eigenvalue weighted by Crippen LogP contribution is 2.29. The van der Waals surface area contributed by atoms with Crippen molar-refractivity contribution in [3.05, 3.63) is 78.4 Å². The van der Waals surface area contributed by atoms with E-state index in [1.165, 1.54) is 18.7 Å². The summed E-state index contributed by atoms with van der Waals surface area (Å²) in [4.78, 5) is 33.6. The lowest BCUT2D eigenvalue weighted by molar-refractivity contribution is -0.114. The molecule has 5 aromatic rings. The van der Waals surface area contributed by atoms with Gasteiger partial charge in [-0.25, -0.2) is 9.97 Å². The van der Waals surface area contributed by atoms with Gasteiger partial charge in [0.2, 0.25) is 5.91 Å². The predicted molar refractivity (Wildman–Crippen MR) is 124 cm³/mol. The van der Waals surface area contributed by atoms with Crippen LogP contribution in [0.25, 0.3) is 27.6 Å². The minimum atomic E-state index is -0.145. The summed E-state index contributed by atoms with van der Waals surface area (Å²) >= 11 is 1.39. The van der Waals surface area contributed by atoms with E-state index in [0.29, 0.717) is 11.3 Å². The van der Waals surface area contributed by atoms with Crippen molar-refractivity contribution < 1.29 is 9.59 Å². The van der Waals surface area contributed by atoms with Crippen LogP contribution in [0.5, 0.6) is 0 Å². The molecular weight excluding hydrogens is 408 g/mol. The molecule has 1 N–H and O–H groups in total. The van der Waals surface area contributed by atoms with E-state index >= 15 is 0 Å². The Bertz CT molecular complexity index is 1460. The molecule has 0 fully saturated rings. The van der Waals surface area contributed by atoms with Crippen molar-refractivity contribution in [3.63, 3.8) is 0 Å². The molecule has 5 rings (SSSR count). The molecule has 31 heavy (non-hydrogen) atoms. The maximum Gasteiger partial charge on any atom is 0.221 e. The summed E-state index contributed by atoms with van der Waals surface area (Å²) in [6.07, 6.45) is 0. The van der Waals surface area contributed by atoms with Crippen LogP contribution in [-0.2, 0) is 4.79 Å². The number of benzene rings is 3. The molecule has 6 nitrogen and oxygen atoms in total. The van der Waals surface area contributed by atoms with Gasteiger partial charge >= 0.3 is 0 Å². The number of thioether (sulfide) groups is 1. The van der Waals surface area contributed by atoms with E-state index in [2.05, 4.69) is 5.32 Å². The Morgan fingerprint density at radius 3 is 2.39 bits per heavy atom. The van der Waals surface area contributed by atoms with Crippen LogP contribution in [-0.4, -0.2) is 31.8 Å². The normalized spacial score (nSPS) is 11.3. The maximum atomic E-state index is 12.8. The van der Waals surface area contributed by atoms with Crippen molar-refractivity contribution in [3.8, 4) is 0 Å². The fourth-order valence-corrected chi connectivity index (χ4v) is 4.47. The van der Waals surface area contributed by atoms with Crippen molar-refractivity contribution in [2.24, 2.45) is 0 Å². The van der Waals surface area contributed by atoms with Gasteiger partial charge in [-0.3, -0.25) is 14.0 Å². The zero-order valence-corrected chi connectivity index (χ0v) is 17.5. The van der Waals surface area contributed by atoms with Crippen LogP contribution in [0.4, 0.5) is 5.69 Å². The number of carbonyl (C=O) groups excluding carboxylic acids is 2. The minimum Gasteiger partial charge on any atom is -0.326 e. The summed E-state index contributed by atoms with van der Waals surface area (Å²) in [5.74, 6) is 0.0902. The first-order valence-electron chi connectivity index (χ1n) is 9.80. The number of anilines is 1. The number of para-hydroxylation sites is 3. The average molecular weight is 427 g/mol. The molecule has 0 bridgehead atoms. The molecule has 0 radical (unpaired) electrons. The van der Waals surface area contributed by atoms with Gasteiger partial charge in [0.1, 0.15) is 5.65 Å². The van der Waals surface area contributed by atoms with E-state index in [4.69, 9.17) is 9.97 Å². The number of carbonyl (C=O) groups is 2. The number of ketones is 1. The lowest BCUT2D eigenvalue weighted by Crippen LogP contribution is -2.07. The van der Waals surface area contributed by atoms with Crippen LogP contribution in [0, 0.1) is 0 Å². The van der Waals surface area contributed by atoms with Crippen molar-refractivity contribution in [2.45, 2.75) is 12.1 Å². The molecule has 0 atom stereocenters. The highest BCUT2D eigenvalue weighted by atomic mass is 32.2. The standard InChI is InChI=1S/C24H18N4O2S/c1-15(29)25-17-12-10-16(11-13-17)22(30)14-31-24-27-19-7-3-2-6-18(19)23-26-20-8-4-5-9-21(20)28(23)24/h2-13H,14H2,1H3,(H,25,29). The predicted octanol–water partition coefficient (Wildman–Crippen LogP) is 4.97. The zero-order chi connectivity index (χ0) is 21.4. The van der Waals surface area contributed by atoms with Crippen molar-refractivity contribution >= 4 is 56.7 Å². The minimum absolute atomic E-state index is 0.00750. The molecule has 0 aliphatic carbocycles. The smallest absolute Gasteiger partial charge is 0.221 e. The molecule has 152 valence electrons. The van der Waals surface area contributed by atoms with Gasteiger partial charge in [-0.05, 0) is 48.5 Å². The molecule has 0 unspecified atom stereocenters. The number of hydrogen-bond donors (Lipinski definition) is 1. The highest BCUT2D eigenvalue weighted by molar-refractivity contribution is 7.99. The number of aromatic nitrogens is 3. The maximum absolute atomic E-state index is 12.8. The third-order valence-electron chi connectivity index (χ3n) is 4.97. The molecule has 2 heterocycles. The van der Waals surface area contributed by atoms with Gasteiger partial charge < -0.3 is 5.32 Å². The lowest BCUT2D eigenvalue weighted by Gasteiger charge is -2.08. The molecule has 0 saturated carbocycles. The van der Waals surface area contributed by atoms with Crippen LogP contribution < -0.4 is 5.32 Å². The van der Waals surface area contributed by atoms with Crippen LogP contribution in [0.2, 0.25) is 0 Å². The number of imidazole rings is 1. The van der Waals surface area contributed by atoms with E-state index in [-0.39, 0.29) is 17.4 Å². The van der Waals surface area contributed by atoms with Gasteiger partial charge in [-0.15, -0.1) is 0 Å². The molecule has 0 aliphatic rings. The topological polar surface area (TPSA) is 76.4 Å². The molecule has 3 aromatic carbocycles. The summed E-state index contributed by atoms with van der Waals surface area (Å²) in [5.41, 5.74) is 4.79. The van der Waals surface area contributed by atoms with E-state index in [1.54, 1.807) is 24.3 Å². The van der Waals surface area contributed by atoms with Crippen LogP contribution in [0.3, 0.4) is 0 Å². The van der Waals surface area contributed by atoms with E-state index in [9.17, 15) is 9.59 Å². The van der Waals surface area contributed by atoms with Crippen LogP contribution in [0.15, 0.2) is 78.0 Å². The monoisotopic (exact) mass is 426 g/mol. The zero-order valence-electron chi connectivity index (χ0n) is 16.7. The number of amides is 1. The van der Waals surface area contributed by atoms with Crippen molar-refractivity contribution in [1.82, 2.24) is 14.4 Å². The van der Waals surface area contributed by atoms with Gasteiger partial charge in [-0.1, -0.05) is 36.0 Å². The van der Waals surface area contributed by atoms with Gasteiger partial charge in [0.15, 0.2) is 10.9 Å². The third kappa shape index (κ3) is 3.64. The molecule has 7 heteroatoms. The molecule has 0 aliphatic heterocycles. The van der Waals surface area contributed by atoms with Gasteiger partial charge in [0.25, 0.3) is 0 Å². The number of hydrogen-bond acceptors (Lipinski definition) is 5. The first-order valence-corrected chi connectivity index (χ1v) is 10.8. The highest BCUT2D eigenvalue weighted by Gasteiger charge is 2.15. The Kier molecular flexibility index (Phi) is 4.88. The number of nitrogens with zero attached hydrogens (tertiary/aromatic N) is 3. The summed E-state index contributed by atoms with van der Waals surface area (Å²) in [5, 5.41) is 4.41. The Balaban J connectivity index is 1.49. The Morgan fingerprint density at radius 1 is 0.903 bits per heavy atom. The molecular formula is C24H18N4O2S. The fourth-order valence-electron chi connectivity index (χ4n) is 3.57. The van der Waals surface area contributed by atoms with Gasteiger partial charge in [0, 0.05) is 23.6 Å². The SMILES string of the molecule is CC(=O)Nc1ccc(C(=O)CSc2nc3ccccc3c3nc4ccccc4n23)cc1. The second-order valence-corrected chi connectivity index (χ2v) is 8.08. The fraction of sp³-hybridized carbons (Fsp3) is 0.0833. The Labute approximate surface area is 182 Å². The number of Topliss-reactive ketones (excluding diaryl/α,β-unsaturated/α-hetero) is 1. The lowest BCUT2D eigenvalue weighted by atomic mass is 10.1. The van der Waals surface area contributed by atoms with Crippen molar-refractivity contribution in [2.75, 3.05) is 11.1 Å². The molecule has 0 spiro atoms.